The largest absolute Gasteiger partial charge is 0.486 e. The van der Waals surface area contributed by atoms with Crippen LogP contribution in [0.2, 0.25) is 0 Å². The number of hydrogen-bond donors (Lipinski definition) is 0. The fourth-order valence-corrected chi connectivity index (χ4v) is 6.42. The predicted octanol–water partition coefficient (Wildman–Crippen LogP) is 6.17. The quantitative estimate of drug-likeness (QED) is 0.542. The minimum absolute atomic E-state index is 0.0679. The van der Waals surface area contributed by atoms with Gasteiger partial charge in [-0.25, -0.2) is 4.57 Å². The van der Waals surface area contributed by atoms with E-state index in [-0.39, 0.29) is 5.60 Å². The molecule has 2 heteroatoms. The van der Waals surface area contributed by atoms with E-state index in [1.165, 1.54) is 98.8 Å². The summed E-state index contributed by atoms with van der Waals surface area (Å²) in [5.41, 5.74) is 5.84. The molecule has 28 heavy (non-hydrogen) atoms. The van der Waals surface area contributed by atoms with E-state index < -0.39 is 0 Å². The number of benzene rings is 1. The Labute approximate surface area is 169 Å². The number of hydrogen-bond acceptors (Lipinski definition) is 1. The van der Waals surface area contributed by atoms with Crippen LogP contribution in [0.4, 0.5) is 0 Å². The van der Waals surface area contributed by atoms with E-state index in [1.807, 2.05) is 0 Å². The van der Waals surface area contributed by atoms with Gasteiger partial charge in [-0.3, -0.25) is 0 Å². The molecule has 0 amide bonds. The van der Waals surface area contributed by atoms with Gasteiger partial charge in [0, 0.05) is 23.1 Å². The van der Waals surface area contributed by atoms with Gasteiger partial charge in [-0.2, -0.15) is 0 Å². The van der Waals surface area contributed by atoms with Crippen molar-refractivity contribution in [1.82, 2.24) is 0 Å². The molecule has 2 spiro atoms. The van der Waals surface area contributed by atoms with Gasteiger partial charge in [0.2, 0.25) is 5.69 Å². The Hall–Kier alpha value is -1.83. The summed E-state index contributed by atoms with van der Waals surface area (Å²) in [6, 6.07) is 11.3. The van der Waals surface area contributed by atoms with Crippen LogP contribution >= 0.6 is 0 Å². The summed E-state index contributed by atoms with van der Waals surface area (Å²) in [7, 11) is 2.16. The van der Waals surface area contributed by atoms with E-state index in [9.17, 15) is 0 Å². The molecule has 0 bridgehead atoms. The van der Waals surface area contributed by atoms with Crippen molar-refractivity contribution < 1.29 is 9.30 Å². The lowest BCUT2D eigenvalue weighted by molar-refractivity contribution is -0.660. The maximum atomic E-state index is 7.10. The lowest BCUT2D eigenvalue weighted by Gasteiger charge is -2.52. The average molecular weight is 377 g/mol. The second-order valence-electron chi connectivity index (χ2n) is 9.69. The normalized spacial score (nSPS) is 22.6. The van der Waals surface area contributed by atoms with E-state index >= 15 is 0 Å². The van der Waals surface area contributed by atoms with Gasteiger partial charge in [0.15, 0.2) is 6.20 Å². The van der Waals surface area contributed by atoms with Crippen LogP contribution in [0.1, 0.15) is 81.8 Å². The molecule has 2 nitrogen and oxygen atoms in total. The van der Waals surface area contributed by atoms with Gasteiger partial charge in [0.1, 0.15) is 18.4 Å². The number of rotatable bonds is 1. The highest BCUT2D eigenvalue weighted by atomic mass is 16.5. The second kappa shape index (κ2) is 6.90. The Morgan fingerprint density at radius 2 is 1.57 bits per heavy atom. The first-order valence-electron chi connectivity index (χ1n) is 11.4. The molecule has 2 aromatic rings. The lowest BCUT2D eigenvalue weighted by atomic mass is 9.60. The predicted molar refractivity (Wildman–Crippen MR) is 114 cm³/mol. The van der Waals surface area contributed by atoms with Crippen molar-refractivity contribution in [3.05, 3.63) is 47.7 Å². The molecule has 2 saturated carbocycles. The molecular weight excluding hydrogens is 342 g/mol. The highest BCUT2D eigenvalue weighted by molar-refractivity contribution is 5.73. The van der Waals surface area contributed by atoms with E-state index in [0.29, 0.717) is 5.41 Å². The Bertz CT molecular complexity index is 872. The van der Waals surface area contributed by atoms with Crippen LogP contribution in [0.25, 0.3) is 11.3 Å². The van der Waals surface area contributed by atoms with Crippen LogP contribution in [0.15, 0.2) is 36.5 Å². The van der Waals surface area contributed by atoms with Crippen molar-refractivity contribution >= 4 is 0 Å². The zero-order chi connectivity index (χ0) is 19.2. The van der Waals surface area contributed by atoms with Gasteiger partial charge in [-0.15, -0.1) is 0 Å². The molecule has 1 aromatic carbocycles. The molecule has 0 radical (unpaired) electrons. The number of aromatic nitrogens is 1. The standard InChI is InChI=1S/C26H34NO/c1-20-12-13-21-24(23(20)22-11-5-10-18-27(22)2)28-26(16-8-4-9-17-26)19-25(21)14-6-3-7-15-25/h5,10-13,18H,3-4,6-9,14-17,19H2,1-2H3/q+1. The van der Waals surface area contributed by atoms with Gasteiger partial charge in [-0.1, -0.05) is 37.8 Å². The Balaban J connectivity index is 1.73. The topological polar surface area (TPSA) is 13.1 Å². The minimum Gasteiger partial charge on any atom is -0.486 e. The van der Waals surface area contributed by atoms with Crippen molar-refractivity contribution in [3.63, 3.8) is 0 Å². The summed E-state index contributed by atoms with van der Waals surface area (Å²) >= 11 is 0. The number of nitrogens with zero attached hydrogens (tertiary/aromatic N) is 1. The van der Waals surface area contributed by atoms with Crippen LogP contribution in [0.5, 0.6) is 5.75 Å². The van der Waals surface area contributed by atoms with E-state index in [0.717, 1.165) is 0 Å². The second-order valence-corrected chi connectivity index (χ2v) is 9.69. The summed E-state index contributed by atoms with van der Waals surface area (Å²) in [4.78, 5) is 0. The van der Waals surface area contributed by atoms with Crippen LogP contribution in [-0.2, 0) is 12.5 Å². The van der Waals surface area contributed by atoms with Gasteiger partial charge in [0.25, 0.3) is 0 Å². The third-order valence-electron chi connectivity index (χ3n) is 7.80. The number of ether oxygens (including phenoxy) is 1. The number of aryl methyl sites for hydroxylation is 2. The first-order chi connectivity index (χ1) is 13.6. The summed E-state index contributed by atoms with van der Waals surface area (Å²) in [6.07, 6.45) is 16.7. The molecular formula is C26H34NO+. The molecule has 2 aliphatic carbocycles. The SMILES string of the molecule is Cc1ccc2c(c1-c1cccc[n+]1C)OC1(CCCCC1)CC21CCCCC1. The molecule has 0 N–H and O–H groups in total. The molecule has 3 aliphatic rings. The van der Waals surface area contributed by atoms with Crippen molar-refractivity contribution in [3.8, 4) is 17.0 Å². The van der Waals surface area contributed by atoms with E-state index in [1.54, 1.807) is 0 Å². The third-order valence-corrected chi connectivity index (χ3v) is 7.80. The zero-order valence-corrected chi connectivity index (χ0v) is 17.6. The summed E-state index contributed by atoms with van der Waals surface area (Å²) < 4.78 is 9.35. The van der Waals surface area contributed by atoms with Crippen LogP contribution < -0.4 is 9.30 Å². The number of fused-ring (bicyclic) bond motifs is 2. The van der Waals surface area contributed by atoms with Gasteiger partial charge in [0.05, 0.1) is 5.56 Å². The maximum absolute atomic E-state index is 7.10. The molecule has 0 saturated heterocycles. The fraction of sp³-hybridized carbons (Fsp3) is 0.577. The van der Waals surface area contributed by atoms with E-state index in [2.05, 4.69) is 55.1 Å². The summed E-state index contributed by atoms with van der Waals surface area (Å²) in [6.45, 7) is 2.25. The Morgan fingerprint density at radius 3 is 2.29 bits per heavy atom. The minimum atomic E-state index is 0.0679. The Kier molecular flexibility index (Phi) is 4.49. The van der Waals surface area contributed by atoms with Gasteiger partial charge < -0.3 is 4.74 Å². The van der Waals surface area contributed by atoms with E-state index in [4.69, 9.17) is 4.74 Å². The van der Waals surface area contributed by atoms with Gasteiger partial charge >= 0.3 is 0 Å². The molecule has 2 heterocycles. The fourth-order valence-electron chi connectivity index (χ4n) is 6.42. The lowest BCUT2D eigenvalue weighted by Crippen LogP contribution is -2.50. The van der Waals surface area contributed by atoms with Crippen molar-refractivity contribution in [1.29, 1.82) is 0 Å². The van der Waals surface area contributed by atoms with Crippen LogP contribution in [0.3, 0.4) is 0 Å². The number of pyridine rings is 1. The molecule has 1 aliphatic heterocycles. The third kappa shape index (κ3) is 2.88. The van der Waals surface area contributed by atoms with Crippen molar-refractivity contribution in [2.45, 2.75) is 88.6 Å². The van der Waals surface area contributed by atoms with Crippen molar-refractivity contribution in [2.24, 2.45) is 7.05 Å². The van der Waals surface area contributed by atoms with Gasteiger partial charge in [-0.05, 0) is 63.5 Å². The first-order valence-corrected chi connectivity index (χ1v) is 11.4. The molecule has 2 fully saturated rings. The molecule has 0 atom stereocenters. The highest BCUT2D eigenvalue weighted by Crippen LogP contribution is 2.57. The Morgan fingerprint density at radius 1 is 0.857 bits per heavy atom. The monoisotopic (exact) mass is 376 g/mol. The summed E-state index contributed by atoms with van der Waals surface area (Å²) in [5.74, 6) is 1.22. The average Bonchev–Trinajstić information content (AvgIpc) is 2.70. The smallest absolute Gasteiger partial charge is 0.216 e. The maximum Gasteiger partial charge on any atom is 0.216 e. The zero-order valence-electron chi connectivity index (χ0n) is 17.6. The summed E-state index contributed by atoms with van der Waals surface area (Å²) in [5, 5.41) is 0. The van der Waals surface area contributed by atoms with Crippen molar-refractivity contribution in [2.75, 3.05) is 0 Å². The highest BCUT2D eigenvalue weighted by Gasteiger charge is 2.51. The first kappa shape index (κ1) is 18.2. The molecule has 1 aromatic heterocycles. The molecule has 148 valence electrons. The van der Waals surface area contributed by atoms with Crippen LogP contribution in [0, 0.1) is 6.92 Å². The van der Waals surface area contributed by atoms with Crippen LogP contribution in [-0.4, -0.2) is 5.60 Å². The molecule has 5 rings (SSSR count). The molecule has 0 unspecified atom stereocenters.